The van der Waals surface area contributed by atoms with E-state index < -0.39 is 0 Å². The van der Waals surface area contributed by atoms with Crippen molar-refractivity contribution < 1.29 is 9.59 Å². The summed E-state index contributed by atoms with van der Waals surface area (Å²) in [5.74, 6) is 0.273. The number of hydrogen-bond acceptors (Lipinski definition) is 3. The normalized spacial score (nSPS) is 17.6. The second kappa shape index (κ2) is 8.19. The maximum atomic E-state index is 13.2. The first kappa shape index (κ1) is 20.0. The van der Waals surface area contributed by atoms with Crippen molar-refractivity contribution in [3.63, 3.8) is 0 Å². The van der Waals surface area contributed by atoms with Gasteiger partial charge in [-0.15, -0.1) is 0 Å². The number of rotatable bonds is 5. The largest absolute Gasteiger partial charge is 0.353 e. The molecule has 4 rings (SSSR count). The van der Waals surface area contributed by atoms with Crippen molar-refractivity contribution in [2.75, 3.05) is 13.1 Å². The Morgan fingerprint density at radius 2 is 1.90 bits per heavy atom. The van der Waals surface area contributed by atoms with Crippen LogP contribution in [0.4, 0.5) is 0 Å². The number of nitrogens with one attached hydrogen (secondary N) is 1. The van der Waals surface area contributed by atoms with Crippen LogP contribution in [0.2, 0.25) is 5.02 Å². The third-order valence-electron chi connectivity index (χ3n) is 5.71. The first-order chi connectivity index (χ1) is 13.9. The van der Waals surface area contributed by atoms with Gasteiger partial charge in [-0.1, -0.05) is 31.5 Å². The first-order valence-corrected chi connectivity index (χ1v) is 10.8. The lowest BCUT2D eigenvalue weighted by atomic mass is 9.95. The molecule has 2 aliphatic rings. The SMILES string of the molecule is CC(C)c1c(C(=O)N2CCC(C(=O)NC3CC3)CC2)cnn1-c1cccc(Cl)c1. The number of carbonyl (C=O) groups excluding carboxylic acids is 2. The minimum absolute atomic E-state index is 0.0111. The summed E-state index contributed by atoms with van der Waals surface area (Å²) in [4.78, 5) is 27.4. The average molecular weight is 415 g/mol. The van der Waals surface area contributed by atoms with Crippen molar-refractivity contribution >= 4 is 23.4 Å². The maximum Gasteiger partial charge on any atom is 0.257 e. The smallest absolute Gasteiger partial charge is 0.257 e. The number of aromatic nitrogens is 2. The number of piperidine rings is 1. The molecule has 1 N–H and O–H groups in total. The van der Waals surface area contributed by atoms with Gasteiger partial charge in [-0.2, -0.15) is 5.10 Å². The van der Waals surface area contributed by atoms with E-state index in [9.17, 15) is 9.59 Å². The molecule has 7 heteroatoms. The van der Waals surface area contributed by atoms with Crippen LogP contribution >= 0.6 is 11.6 Å². The summed E-state index contributed by atoms with van der Waals surface area (Å²) in [7, 11) is 0. The monoisotopic (exact) mass is 414 g/mol. The molecule has 6 nitrogen and oxygen atoms in total. The minimum Gasteiger partial charge on any atom is -0.353 e. The summed E-state index contributed by atoms with van der Waals surface area (Å²) in [6.07, 6.45) is 5.27. The van der Waals surface area contributed by atoms with Crippen molar-refractivity contribution in [2.24, 2.45) is 5.92 Å². The summed E-state index contributed by atoms with van der Waals surface area (Å²) < 4.78 is 1.81. The summed E-state index contributed by atoms with van der Waals surface area (Å²) >= 11 is 6.14. The van der Waals surface area contributed by atoms with Crippen molar-refractivity contribution in [1.29, 1.82) is 0 Å². The molecule has 29 heavy (non-hydrogen) atoms. The van der Waals surface area contributed by atoms with Crippen LogP contribution in [-0.2, 0) is 4.79 Å². The fourth-order valence-electron chi connectivity index (χ4n) is 3.95. The molecule has 0 radical (unpaired) electrons. The van der Waals surface area contributed by atoms with Gasteiger partial charge in [0.1, 0.15) is 0 Å². The molecule has 1 aromatic carbocycles. The topological polar surface area (TPSA) is 67.2 Å². The Bertz CT molecular complexity index is 911. The van der Waals surface area contributed by atoms with Gasteiger partial charge in [0.2, 0.25) is 5.91 Å². The van der Waals surface area contributed by atoms with Gasteiger partial charge in [-0.25, -0.2) is 4.68 Å². The van der Waals surface area contributed by atoms with E-state index >= 15 is 0 Å². The van der Waals surface area contributed by atoms with Gasteiger partial charge < -0.3 is 10.2 Å². The zero-order valence-corrected chi connectivity index (χ0v) is 17.7. The lowest BCUT2D eigenvalue weighted by Crippen LogP contribution is -2.43. The second-order valence-corrected chi connectivity index (χ2v) is 8.78. The molecule has 154 valence electrons. The highest BCUT2D eigenvalue weighted by atomic mass is 35.5. The number of amides is 2. The highest BCUT2D eigenvalue weighted by Crippen LogP contribution is 2.28. The van der Waals surface area contributed by atoms with Crippen LogP contribution in [0.1, 0.15) is 61.5 Å². The molecule has 0 atom stereocenters. The van der Waals surface area contributed by atoms with Crippen LogP contribution in [0.15, 0.2) is 30.5 Å². The molecule has 1 aliphatic carbocycles. The Balaban J connectivity index is 1.49. The minimum atomic E-state index is -0.0111. The number of hydrogen-bond donors (Lipinski definition) is 1. The van der Waals surface area contributed by atoms with Gasteiger partial charge in [0.25, 0.3) is 5.91 Å². The third-order valence-corrected chi connectivity index (χ3v) is 5.95. The van der Waals surface area contributed by atoms with E-state index in [-0.39, 0.29) is 23.7 Å². The summed E-state index contributed by atoms with van der Waals surface area (Å²) in [5, 5.41) is 8.21. The van der Waals surface area contributed by atoms with Crippen LogP contribution < -0.4 is 5.32 Å². The van der Waals surface area contributed by atoms with Crippen LogP contribution in [-0.4, -0.2) is 45.6 Å². The predicted octanol–water partition coefficient (Wildman–Crippen LogP) is 3.78. The molecular weight excluding hydrogens is 388 g/mol. The Morgan fingerprint density at radius 3 is 2.52 bits per heavy atom. The summed E-state index contributed by atoms with van der Waals surface area (Å²) in [5.41, 5.74) is 2.35. The molecule has 2 aromatic rings. The summed E-state index contributed by atoms with van der Waals surface area (Å²) in [6, 6.07) is 7.86. The fraction of sp³-hybridized carbons (Fsp3) is 0.500. The number of likely N-dealkylation sites (tertiary alicyclic amines) is 1. The van der Waals surface area contributed by atoms with E-state index in [2.05, 4.69) is 24.3 Å². The Hall–Kier alpha value is -2.34. The average Bonchev–Trinajstić information content (AvgIpc) is 3.40. The van der Waals surface area contributed by atoms with E-state index in [1.807, 2.05) is 29.2 Å². The van der Waals surface area contributed by atoms with Crippen molar-refractivity contribution in [2.45, 2.75) is 51.5 Å². The zero-order valence-electron chi connectivity index (χ0n) is 16.9. The highest BCUT2D eigenvalue weighted by molar-refractivity contribution is 6.30. The molecule has 1 saturated carbocycles. The number of benzene rings is 1. The summed E-state index contributed by atoms with van der Waals surface area (Å²) in [6.45, 7) is 5.31. The van der Waals surface area contributed by atoms with E-state index in [0.29, 0.717) is 42.6 Å². The number of carbonyl (C=O) groups is 2. The first-order valence-electron chi connectivity index (χ1n) is 10.4. The van der Waals surface area contributed by atoms with Gasteiger partial charge in [0, 0.05) is 30.1 Å². The third kappa shape index (κ3) is 4.32. The lowest BCUT2D eigenvalue weighted by Gasteiger charge is -2.31. The van der Waals surface area contributed by atoms with Gasteiger partial charge >= 0.3 is 0 Å². The molecular formula is C22H27ClN4O2. The van der Waals surface area contributed by atoms with Crippen LogP contribution in [0.25, 0.3) is 5.69 Å². The zero-order chi connectivity index (χ0) is 20.5. The van der Waals surface area contributed by atoms with Gasteiger partial charge in [0.05, 0.1) is 23.1 Å². The molecule has 2 heterocycles. The van der Waals surface area contributed by atoms with Gasteiger partial charge in [-0.3, -0.25) is 9.59 Å². The van der Waals surface area contributed by atoms with Crippen LogP contribution in [0, 0.1) is 5.92 Å². The molecule has 1 saturated heterocycles. The Morgan fingerprint density at radius 1 is 1.17 bits per heavy atom. The predicted molar refractivity (Wildman–Crippen MR) is 112 cm³/mol. The lowest BCUT2D eigenvalue weighted by molar-refractivity contribution is -0.126. The van der Waals surface area contributed by atoms with Crippen molar-refractivity contribution in [3.05, 3.63) is 46.7 Å². The van der Waals surface area contributed by atoms with Crippen LogP contribution in [0.3, 0.4) is 0 Å². The fourth-order valence-corrected chi connectivity index (χ4v) is 4.14. The standard InChI is InChI=1S/C22H27ClN4O2/c1-14(2)20-19(13-24-27(20)18-5-3-4-16(23)12-18)22(29)26-10-8-15(9-11-26)21(28)25-17-6-7-17/h3-5,12-15,17H,6-11H2,1-2H3,(H,25,28). The quantitative estimate of drug-likeness (QED) is 0.809. The maximum absolute atomic E-state index is 13.2. The van der Waals surface area contributed by atoms with E-state index in [4.69, 9.17) is 11.6 Å². The molecule has 1 aromatic heterocycles. The van der Waals surface area contributed by atoms with Crippen LogP contribution in [0.5, 0.6) is 0 Å². The second-order valence-electron chi connectivity index (χ2n) is 8.34. The molecule has 1 aliphatic heterocycles. The van der Waals surface area contributed by atoms with Crippen molar-refractivity contribution in [3.8, 4) is 5.69 Å². The Kier molecular flexibility index (Phi) is 5.63. The number of nitrogens with zero attached hydrogens (tertiary/aromatic N) is 3. The van der Waals surface area contributed by atoms with Crippen molar-refractivity contribution in [1.82, 2.24) is 20.0 Å². The van der Waals surface area contributed by atoms with E-state index in [1.165, 1.54) is 0 Å². The molecule has 2 amide bonds. The molecule has 0 spiro atoms. The Labute approximate surface area is 176 Å². The number of halogens is 1. The van der Waals surface area contributed by atoms with E-state index in [1.54, 1.807) is 10.9 Å². The molecule has 0 unspecified atom stereocenters. The van der Waals surface area contributed by atoms with E-state index in [0.717, 1.165) is 24.2 Å². The molecule has 2 fully saturated rings. The molecule has 0 bridgehead atoms. The highest BCUT2D eigenvalue weighted by Gasteiger charge is 2.32. The van der Waals surface area contributed by atoms with Gasteiger partial charge in [-0.05, 0) is 49.8 Å². The van der Waals surface area contributed by atoms with Gasteiger partial charge in [0.15, 0.2) is 0 Å².